The van der Waals surface area contributed by atoms with Crippen molar-refractivity contribution in [1.29, 1.82) is 0 Å². The van der Waals surface area contributed by atoms with Crippen molar-refractivity contribution in [2.75, 3.05) is 6.61 Å². The first-order valence-electron chi connectivity index (χ1n) is 8.95. The fraction of sp³-hybridized carbons (Fsp3) is 0.409. The summed E-state index contributed by atoms with van der Waals surface area (Å²) in [4.78, 5) is 12.8. The number of rotatable bonds is 7. The average Bonchev–Trinajstić information content (AvgIpc) is 3.07. The van der Waals surface area contributed by atoms with E-state index in [1.54, 1.807) is 0 Å². The molecule has 25 heavy (non-hydrogen) atoms. The average molecular weight is 338 g/mol. The van der Waals surface area contributed by atoms with E-state index in [4.69, 9.17) is 9.47 Å². The predicted molar refractivity (Wildman–Crippen MR) is 98.5 cm³/mol. The van der Waals surface area contributed by atoms with Crippen LogP contribution in [0.25, 0.3) is 0 Å². The van der Waals surface area contributed by atoms with Gasteiger partial charge in [0, 0.05) is 17.4 Å². The molecule has 2 unspecified atom stereocenters. The molecule has 2 atom stereocenters. The molecule has 0 amide bonds. The first-order chi connectivity index (χ1) is 12.0. The summed E-state index contributed by atoms with van der Waals surface area (Å²) < 4.78 is 11.8. The van der Waals surface area contributed by atoms with Gasteiger partial charge in [-0.05, 0) is 18.4 Å². The minimum absolute atomic E-state index is 0.0246. The molecule has 1 aliphatic heterocycles. The Hall–Kier alpha value is -1.97. The number of hydrogen-bond acceptors (Lipinski definition) is 3. The molecule has 0 bridgehead atoms. The second-order valence-electron chi connectivity index (χ2n) is 7.33. The molecule has 0 aromatic heterocycles. The molecule has 3 heteroatoms. The van der Waals surface area contributed by atoms with Crippen LogP contribution in [-0.4, -0.2) is 24.8 Å². The zero-order chi connectivity index (χ0) is 17.7. The summed E-state index contributed by atoms with van der Waals surface area (Å²) in [5.41, 5.74) is 1.58. The predicted octanol–water partition coefficient (Wildman–Crippen LogP) is 4.66. The van der Waals surface area contributed by atoms with Crippen molar-refractivity contribution in [3.63, 3.8) is 0 Å². The number of ether oxygens (including phenoxy) is 2. The summed E-state index contributed by atoms with van der Waals surface area (Å²) in [5.74, 6) is 0.157. The molecule has 2 aromatic rings. The van der Waals surface area contributed by atoms with E-state index in [-0.39, 0.29) is 18.2 Å². The summed E-state index contributed by atoms with van der Waals surface area (Å²) >= 11 is 0. The number of Topliss-reactive ketones (excluding diaryl/α,β-unsaturated/α-hetero) is 1. The van der Waals surface area contributed by atoms with E-state index < -0.39 is 5.41 Å². The van der Waals surface area contributed by atoms with Crippen LogP contribution in [0, 0.1) is 5.41 Å². The largest absolute Gasteiger partial charge is 0.350 e. The summed E-state index contributed by atoms with van der Waals surface area (Å²) in [5, 5.41) is 0. The van der Waals surface area contributed by atoms with Gasteiger partial charge in [0.15, 0.2) is 12.1 Å². The van der Waals surface area contributed by atoms with Crippen LogP contribution in [-0.2, 0) is 15.9 Å². The van der Waals surface area contributed by atoms with Crippen molar-refractivity contribution in [2.24, 2.45) is 5.41 Å². The van der Waals surface area contributed by atoms with E-state index >= 15 is 0 Å². The van der Waals surface area contributed by atoms with Crippen LogP contribution in [0.1, 0.15) is 42.6 Å². The van der Waals surface area contributed by atoms with Crippen molar-refractivity contribution in [1.82, 2.24) is 0 Å². The Bertz CT molecular complexity index is 679. The second kappa shape index (κ2) is 7.94. The highest BCUT2D eigenvalue weighted by Gasteiger charge is 2.36. The van der Waals surface area contributed by atoms with Crippen LogP contribution in [0.2, 0.25) is 0 Å². The lowest BCUT2D eigenvalue weighted by Crippen LogP contribution is -2.30. The molecular weight excluding hydrogens is 312 g/mol. The third-order valence-corrected chi connectivity index (χ3v) is 4.71. The smallest absolute Gasteiger partial charge is 0.168 e. The molecule has 1 heterocycles. The van der Waals surface area contributed by atoms with Gasteiger partial charge in [-0.25, -0.2) is 0 Å². The van der Waals surface area contributed by atoms with Crippen LogP contribution in [0.15, 0.2) is 60.7 Å². The van der Waals surface area contributed by atoms with Gasteiger partial charge in [-0.1, -0.05) is 74.5 Å². The number of benzene rings is 2. The molecule has 2 aromatic carbocycles. The van der Waals surface area contributed by atoms with E-state index in [1.807, 2.05) is 62.4 Å². The first-order valence-corrected chi connectivity index (χ1v) is 8.95. The number of carbonyl (C=O) groups excluding carboxylic acids is 1. The molecule has 0 spiro atoms. The second-order valence-corrected chi connectivity index (χ2v) is 7.33. The Balaban J connectivity index is 1.51. The van der Waals surface area contributed by atoms with Gasteiger partial charge in [0.25, 0.3) is 0 Å². The topological polar surface area (TPSA) is 35.5 Å². The molecule has 3 nitrogen and oxygen atoms in total. The summed E-state index contributed by atoms with van der Waals surface area (Å²) in [7, 11) is 0. The van der Waals surface area contributed by atoms with Gasteiger partial charge in [0.2, 0.25) is 0 Å². The highest BCUT2D eigenvalue weighted by Crippen LogP contribution is 2.31. The number of carbonyl (C=O) groups is 1. The molecule has 1 aliphatic rings. The van der Waals surface area contributed by atoms with E-state index in [9.17, 15) is 4.79 Å². The van der Waals surface area contributed by atoms with Crippen molar-refractivity contribution < 1.29 is 14.3 Å². The molecule has 0 radical (unpaired) electrons. The van der Waals surface area contributed by atoms with Crippen LogP contribution < -0.4 is 0 Å². The van der Waals surface area contributed by atoms with Gasteiger partial charge < -0.3 is 9.47 Å². The lowest BCUT2D eigenvalue weighted by molar-refractivity contribution is -0.0659. The van der Waals surface area contributed by atoms with Crippen LogP contribution >= 0.6 is 0 Å². The van der Waals surface area contributed by atoms with Crippen LogP contribution in [0.4, 0.5) is 0 Å². The molecule has 1 saturated heterocycles. The van der Waals surface area contributed by atoms with Gasteiger partial charge in [-0.2, -0.15) is 0 Å². The maximum atomic E-state index is 12.8. The van der Waals surface area contributed by atoms with E-state index in [0.717, 1.165) is 18.4 Å². The minimum atomic E-state index is -0.469. The molecule has 132 valence electrons. The Morgan fingerprint density at radius 3 is 2.36 bits per heavy atom. The summed E-state index contributed by atoms with van der Waals surface area (Å²) in [6.45, 7) is 4.54. The third kappa shape index (κ3) is 4.77. The molecular formula is C22H26O3. The van der Waals surface area contributed by atoms with Crippen LogP contribution in [0.5, 0.6) is 0 Å². The van der Waals surface area contributed by atoms with Crippen molar-refractivity contribution in [3.05, 3.63) is 71.8 Å². The quantitative estimate of drug-likeness (QED) is 0.689. The van der Waals surface area contributed by atoms with E-state index in [0.29, 0.717) is 13.0 Å². The van der Waals surface area contributed by atoms with Gasteiger partial charge >= 0.3 is 0 Å². The zero-order valence-corrected chi connectivity index (χ0v) is 15.0. The summed E-state index contributed by atoms with van der Waals surface area (Å²) in [6.07, 6.45) is 2.25. The highest BCUT2D eigenvalue weighted by atomic mass is 16.7. The van der Waals surface area contributed by atoms with Gasteiger partial charge in [-0.15, -0.1) is 0 Å². The Kier molecular flexibility index (Phi) is 5.67. The van der Waals surface area contributed by atoms with E-state index in [1.165, 1.54) is 5.56 Å². The molecule has 1 fully saturated rings. The lowest BCUT2D eigenvalue weighted by atomic mass is 9.79. The Morgan fingerprint density at radius 2 is 1.68 bits per heavy atom. The standard InChI is InChI=1S/C22H26O3/c1-22(2,21(23)18-11-7-4-8-12-18)15-19-16-24-20(25-19)14-13-17-9-5-3-6-10-17/h3-12,19-20H,13-16H2,1-2H3. The highest BCUT2D eigenvalue weighted by molar-refractivity contribution is 6.00. The maximum Gasteiger partial charge on any atom is 0.168 e. The summed E-state index contributed by atoms with van der Waals surface area (Å²) in [6, 6.07) is 19.8. The first kappa shape index (κ1) is 17.8. The zero-order valence-electron chi connectivity index (χ0n) is 15.0. The Labute approximate surface area is 150 Å². The molecule has 0 aliphatic carbocycles. The van der Waals surface area contributed by atoms with Crippen molar-refractivity contribution in [2.45, 2.75) is 45.5 Å². The van der Waals surface area contributed by atoms with Gasteiger partial charge in [-0.3, -0.25) is 4.79 Å². The van der Waals surface area contributed by atoms with Gasteiger partial charge in [0.1, 0.15) is 0 Å². The van der Waals surface area contributed by atoms with Crippen LogP contribution in [0.3, 0.4) is 0 Å². The molecule has 0 N–H and O–H groups in total. The molecule has 3 rings (SSSR count). The number of aryl methyl sites for hydroxylation is 1. The minimum Gasteiger partial charge on any atom is -0.350 e. The van der Waals surface area contributed by atoms with Gasteiger partial charge in [0.05, 0.1) is 12.7 Å². The number of ketones is 1. The fourth-order valence-electron chi connectivity index (χ4n) is 3.34. The van der Waals surface area contributed by atoms with Crippen molar-refractivity contribution in [3.8, 4) is 0 Å². The Morgan fingerprint density at radius 1 is 1.04 bits per heavy atom. The van der Waals surface area contributed by atoms with Crippen molar-refractivity contribution >= 4 is 5.78 Å². The number of hydrogen-bond donors (Lipinski definition) is 0. The maximum absolute atomic E-state index is 12.8. The third-order valence-electron chi connectivity index (χ3n) is 4.71. The fourth-order valence-corrected chi connectivity index (χ4v) is 3.34. The normalized spacial score (nSPS) is 20.6. The SMILES string of the molecule is CC(C)(CC1COC(CCc2ccccc2)O1)C(=O)c1ccccc1. The monoisotopic (exact) mass is 338 g/mol. The van der Waals surface area contributed by atoms with E-state index in [2.05, 4.69) is 12.1 Å². The lowest BCUT2D eigenvalue weighted by Gasteiger charge is -2.25. The molecule has 0 saturated carbocycles.